The van der Waals surface area contributed by atoms with Crippen LogP contribution in [0.2, 0.25) is 15.1 Å². The van der Waals surface area contributed by atoms with Gasteiger partial charge in [-0.3, -0.25) is 0 Å². The zero-order valence-corrected chi connectivity index (χ0v) is 14.4. The number of thiazole rings is 1. The number of aromatic carboxylic acids is 1. The third-order valence-electron chi connectivity index (χ3n) is 2.57. The van der Waals surface area contributed by atoms with Gasteiger partial charge in [-0.15, -0.1) is 0 Å². The van der Waals surface area contributed by atoms with Crippen LogP contribution in [0.3, 0.4) is 0 Å². The molecule has 0 atom stereocenters. The Hall–Kier alpha value is -1.21. The molecular formula is C13H10Cl3N2O3S-. The normalized spacial score (nSPS) is 10.5. The van der Waals surface area contributed by atoms with E-state index in [9.17, 15) is 9.90 Å². The highest BCUT2D eigenvalue weighted by Gasteiger charge is 2.10. The number of hydrogen-bond acceptors (Lipinski definition) is 6. The molecular weight excluding hydrogens is 371 g/mol. The van der Waals surface area contributed by atoms with Crippen LogP contribution in [0.15, 0.2) is 12.1 Å². The summed E-state index contributed by atoms with van der Waals surface area (Å²) in [7, 11) is 0. The summed E-state index contributed by atoms with van der Waals surface area (Å²) in [6.45, 7) is 2.27. The smallest absolute Gasteiger partial charge is 0.183 e. The monoisotopic (exact) mass is 379 g/mol. The first kappa shape index (κ1) is 17.1. The zero-order valence-electron chi connectivity index (χ0n) is 11.3. The maximum absolute atomic E-state index is 10.8. The van der Waals surface area contributed by atoms with Crippen molar-refractivity contribution >= 4 is 57.2 Å². The van der Waals surface area contributed by atoms with Crippen LogP contribution in [-0.4, -0.2) is 24.1 Å². The van der Waals surface area contributed by atoms with Crippen molar-refractivity contribution in [1.82, 2.24) is 4.98 Å². The molecule has 0 saturated heterocycles. The van der Waals surface area contributed by atoms with Crippen LogP contribution < -0.4 is 15.2 Å². The summed E-state index contributed by atoms with van der Waals surface area (Å²) in [5, 5.41) is 15.3. The molecule has 22 heavy (non-hydrogen) atoms. The lowest BCUT2D eigenvalue weighted by molar-refractivity contribution is -0.254. The average molecular weight is 381 g/mol. The van der Waals surface area contributed by atoms with Crippen molar-refractivity contribution in [2.24, 2.45) is 0 Å². The molecule has 0 saturated carbocycles. The van der Waals surface area contributed by atoms with Gasteiger partial charge in [-0.05, 0) is 19.1 Å². The van der Waals surface area contributed by atoms with Crippen molar-refractivity contribution in [3.8, 4) is 5.75 Å². The van der Waals surface area contributed by atoms with E-state index in [0.717, 1.165) is 11.3 Å². The number of aromatic nitrogens is 1. The molecule has 0 aliphatic heterocycles. The second-order valence-electron chi connectivity index (χ2n) is 4.19. The van der Waals surface area contributed by atoms with Gasteiger partial charge in [0.2, 0.25) is 0 Å². The molecule has 118 valence electrons. The molecule has 2 aromatic rings. The fourth-order valence-corrected chi connectivity index (χ4v) is 3.39. The molecule has 1 heterocycles. The first-order valence-corrected chi connectivity index (χ1v) is 8.03. The van der Waals surface area contributed by atoms with Crippen molar-refractivity contribution in [2.45, 2.75) is 6.92 Å². The number of nitrogens with one attached hydrogen (secondary N) is 1. The van der Waals surface area contributed by atoms with Gasteiger partial charge in [-0.1, -0.05) is 46.1 Å². The minimum Gasteiger partial charge on any atom is -0.544 e. The predicted molar refractivity (Wildman–Crippen MR) is 86.6 cm³/mol. The van der Waals surface area contributed by atoms with Crippen molar-refractivity contribution in [3.05, 3.63) is 37.8 Å². The number of benzene rings is 1. The summed E-state index contributed by atoms with van der Waals surface area (Å²) >= 11 is 18.8. The van der Waals surface area contributed by atoms with E-state index in [2.05, 4.69) is 10.3 Å². The number of aryl methyl sites for hydroxylation is 1. The number of halogens is 3. The van der Waals surface area contributed by atoms with Gasteiger partial charge in [0.25, 0.3) is 0 Å². The number of nitrogens with zero attached hydrogens (tertiary/aromatic N) is 1. The first-order chi connectivity index (χ1) is 10.4. The lowest BCUT2D eigenvalue weighted by Gasteiger charge is -2.10. The van der Waals surface area contributed by atoms with E-state index in [-0.39, 0.29) is 11.5 Å². The summed E-state index contributed by atoms with van der Waals surface area (Å²) in [5.74, 6) is -0.890. The van der Waals surface area contributed by atoms with Crippen LogP contribution in [0.4, 0.5) is 5.13 Å². The molecule has 9 heteroatoms. The molecule has 1 aromatic heterocycles. The number of hydrogen-bond donors (Lipinski definition) is 1. The Bertz CT molecular complexity index is 683. The van der Waals surface area contributed by atoms with E-state index >= 15 is 0 Å². The van der Waals surface area contributed by atoms with Crippen LogP contribution in [0.25, 0.3) is 0 Å². The SMILES string of the molecule is Cc1nc(NCCOc2c(Cl)cc(Cl)cc2Cl)sc1C(=O)[O-]. The van der Waals surface area contributed by atoms with Crippen molar-refractivity contribution < 1.29 is 14.6 Å². The van der Waals surface area contributed by atoms with Crippen LogP contribution in [0, 0.1) is 6.92 Å². The third kappa shape index (κ3) is 4.16. The molecule has 5 nitrogen and oxygen atoms in total. The minimum atomic E-state index is -1.24. The molecule has 0 unspecified atom stereocenters. The van der Waals surface area contributed by atoms with Gasteiger partial charge in [0.05, 0.1) is 33.1 Å². The minimum absolute atomic E-state index is 0.104. The van der Waals surface area contributed by atoms with Crippen molar-refractivity contribution in [3.63, 3.8) is 0 Å². The highest BCUT2D eigenvalue weighted by molar-refractivity contribution is 7.17. The second kappa shape index (κ2) is 7.37. The van der Waals surface area contributed by atoms with E-state index in [1.54, 1.807) is 6.92 Å². The van der Waals surface area contributed by atoms with E-state index in [1.807, 2.05) is 0 Å². The summed E-state index contributed by atoms with van der Waals surface area (Å²) in [5.41, 5.74) is 0.414. The molecule has 0 radical (unpaired) electrons. The van der Waals surface area contributed by atoms with Crippen molar-refractivity contribution in [2.75, 3.05) is 18.5 Å². The van der Waals surface area contributed by atoms with E-state index in [4.69, 9.17) is 39.5 Å². The molecule has 1 N–H and O–H groups in total. The van der Waals surface area contributed by atoms with E-state index < -0.39 is 5.97 Å². The van der Waals surface area contributed by atoms with Gasteiger partial charge in [-0.25, -0.2) is 4.98 Å². The molecule has 1 aromatic carbocycles. The maximum Gasteiger partial charge on any atom is 0.183 e. The van der Waals surface area contributed by atoms with Gasteiger partial charge < -0.3 is 20.0 Å². The summed E-state index contributed by atoms with van der Waals surface area (Å²) in [6.07, 6.45) is 0. The average Bonchev–Trinajstić information content (AvgIpc) is 2.78. The van der Waals surface area contributed by atoms with E-state index in [0.29, 0.717) is 38.2 Å². The molecule has 2 rings (SSSR count). The molecule has 0 aliphatic rings. The third-order valence-corrected chi connectivity index (χ3v) is 4.44. The maximum atomic E-state index is 10.8. The van der Waals surface area contributed by atoms with Gasteiger partial charge in [0, 0.05) is 5.02 Å². The number of rotatable bonds is 6. The fourth-order valence-electron chi connectivity index (χ4n) is 1.64. The lowest BCUT2D eigenvalue weighted by atomic mass is 10.3. The predicted octanol–water partition coefficient (Wildman–Crippen LogP) is 3.27. The van der Waals surface area contributed by atoms with Crippen LogP contribution >= 0.6 is 46.1 Å². The second-order valence-corrected chi connectivity index (χ2v) is 6.44. The number of ether oxygens (including phenoxy) is 1. The number of anilines is 1. The van der Waals surface area contributed by atoms with Crippen LogP contribution in [0.5, 0.6) is 5.75 Å². The topological polar surface area (TPSA) is 74.3 Å². The van der Waals surface area contributed by atoms with Crippen LogP contribution in [-0.2, 0) is 0 Å². The molecule has 0 aliphatic carbocycles. The summed E-state index contributed by atoms with van der Waals surface area (Å²) in [6, 6.07) is 3.07. The Labute approximate surface area is 145 Å². The van der Waals surface area contributed by atoms with Crippen LogP contribution in [0.1, 0.15) is 15.4 Å². The Morgan fingerprint density at radius 3 is 2.55 bits per heavy atom. The fraction of sp³-hybridized carbons (Fsp3) is 0.231. The van der Waals surface area contributed by atoms with Gasteiger partial charge in [0.15, 0.2) is 10.9 Å². The largest absolute Gasteiger partial charge is 0.544 e. The Morgan fingerprint density at radius 1 is 1.36 bits per heavy atom. The highest BCUT2D eigenvalue weighted by atomic mass is 35.5. The number of carboxylic acids is 1. The van der Waals surface area contributed by atoms with E-state index in [1.165, 1.54) is 12.1 Å². The highest BCUT2D eigenvalue weighted by Crippen LogP contribution is 2.35. The first-order valence-electron chi connectivity index (χ1n) is 6.08. The number of carbonyl (C=O) groups is 1. The summed E-state index contributed by atoms with van der Waals surface area (Å²) < 4.78 is 5.49. The zero-order chi connectivity index (χ0) is 16.3. The Morgan fingerprint density at radius 2 is 2.00 bits per heavy atom. The molecule has 0 spiro atoms. The van der Waals surface area contributed by atoms with Crippen molar-refractivity contribution in [1.29, 1.82) is 0 Å². The quantitative estimate of drug-likeness (QED) is 0.779. The molecule has 0 amide bonds. The Kier molecular flexibility index (Phi) is 5.74. The number of carboxylic acid groups (broad SMARTS) is 1. The van der Waals surface area contributed by atoms with Gasteiger partial charge in [0.1, 0.15) is 6.61 Å². The Balaban J connectivity index is 1.90. The lowest BCUT2D eigenvalue weighted by Crippen LogP contribution is -2.21. The molecule has 0 bridgehead atoms. The van der Waals surface area contributed by atoms with Gasteiger partial charge in [-0.2, -0.15) is 0 Å². The van der Waals surface area contributed by atoms with Gasteiger partial charge >= 0.3 is 0 Å². The molecule has 0 fully saturated rings. The standard InChI is InChI=1S/C13H11Cl3N2O3S/c1-6-11(12(19)20)22-13(18-6)17-2-3-21-10-8(15)4-7(14)5-9(10)16/h4-5H,2-3H2,1H3,(H,17,18)(H,19,20)/p-1. The number of carbonyl (C=O) groups excluding carboxylic acids is 1. The summed E-state index contributed by atoms with van der Waals surface area (Å²) in [4.78, 5) is 15.0.